The molecular weight excluding hydrogens is 266 g/mol. The fourth-order valence-corrected chi connectivity index (χ4v) is 2.31. The summed E-state index contributed by atoms with van der Waals surface area (Å²) in [4.78, 5) is 16.4. The molecule has 0 atom stereocenters. The van der Waals surface area contributed by atoms with Crippen LogP contribution in [0.1, 0.15) is 12.5 Å². The van der Waals surface area contributed by atoms with Crippen LogP contribution in [0.4, 0.5) is 0 Å². The number of benzene rings is 2. The molecule has 0 aliphatic rings. The van der Waals surface area contributed by atoms with Gasteiger partial charge in [0, 0.05) is 5.56 Å². The first-order valence-corrected chi connectivity index (χ1v) is 6.80. The lowest BCUT2D eigenvalue weighted by atomic mass is 10.1. The Kier molecular flexibility index (Phi) is 3.44. The van der Waals surface area contributed by atoms with Gasteiger partial charge in [-0.3, -0.25) is 0 Å². The van der Waals surface area contributed by atoms with Gasteiger partial charge in [0.25, 0.3) is 0 Å². The molecule has 0 unspecified atom stereocenters. The van der Waals surface area contributed by atoms with E-state index in [9.17, 15) is 4.79 Å². The minimum absolute atomic E-state index is 0.305. The molecule has 0 aliphatic carbocycles. The quantitative estimate of drug-likeness (QED) is 0.738. The summed E-state index contributed by atoms with van der Waals surface area (Å²) in [6.45, 7) is 2.06. The number of methoxy groups -OCH3 is 1. The number of hydrogen-bond donors (Lipinski definition) is 0. The van der Waals surface area contributed by atoms with Crippen LogP contribution in [0.5, 0.6) is 5.75 Å². The van der Waals surface area contributed by atoms with Crippen LogP contribution in [0.15, 0.2) is 51.7 Å². The van der Waals surface area contributed by atoms with E-state index in [4.69, 9.17) is 9.15 Å². The Balaban J connectivity index is 2.18. The Bertz CT molecular complexity index is 852. The van der Waals surface area contributed by atoms with Crippen LogP contribution >= 0.6 is 0 Å². The van der Waals surface area contributed by atoms with Crippen LogP contribution in [0, 0.1) is 0 Å². The van der Waals surface area contributed by atoms with Crippen LogP contribution in [0.2, 0.25) is 0 Å². The van der Waals surface area contributed by atoms with E-state index in [-0.39, 0.29) is 5.63 Å². The molecule has 3 aromatic rings. The molecule has 0 bridgehead atoms. The third-order valence-electron chi connectivity index (χ3n) is 3.45. The predicted molar refractivity (Wildman–Crippen MR) is 81.6 cm³/mol. The largest absolute Gasteiger partial charge is 0.496 e. The minimum Gasteiger partial charge on any atom is -0.496 e. The maximum absolute atomic E-state index is 12.0. The van der Waals surface area contributed by atoms with E-state index >= 15 is 0 Å². The lowest BCUT2D eigenvalue weighted by Gasteiger charge is -2.08. The molecule has 0 N–H and O–H groups in total. The summed E-state index contributed by atoms with van der Waals surface area (Å²) in [7, 11) is 1.63. The predicted octanol–water partition coefficient (Wildman–Crippen LogP) is 3.43. The zero-order valence-electron chi connectivity index (χ0n) is 11.9. The average molecular weight is 281 g/mol. The number of hydrogen-bond acceptors (Lipinski definition) is 4. The smallest absolute Gasteiger partial charge is 0.347 e. The molecule has 2 aromatic carbocycles. The summed E-state index contributed by atoms with van der Waals surface area (Å²) in [6.07, 6.45) is 0.874. The van der Waals surface area contributed by atoms with E-state index in [1.807, 2.05) is 24.3 Å². The number of aromatic nitrogens is 1. The summed E-state index contributed by atoms with van der Waals surface area (Å²) in [5.41, 5.74) is 2.08. The third kappa shape index (κ3) is 2.40. The second kappa shape index (κ2) is 5.40. The van der Waals surface area contributed by atoms with Gasteiger partial charge in [0.15, 0.2) is 0 Å². The summed E-state index contributed by atoms with van der Waals surface area (Å²) in [5, 5.41) is 0.485. The van der Waals surface area contributed by atoms with Gasteiger partial charge in [-0.2, -0.15) is 0 Å². The maximum atomic E-state index is 12.0. The fourth-order valence-electron chi connectivity index (χ4n) is 2.31. The van der Waals surface area contributed by atoms with Crippen molar-refractivity contribution in [2.45, 2.75) is 13.3 Å². The molecule has 1 heterocycles. The van der Waals surface area contributed by atoms with Crippen LogP contribution in [0.3, 0.4) is 0 Å². The molecule has 0 radical (unpaired) electrons. The van der Waals surface area contributed by atoms with Crippen molar-refractivity contribution in [3.8, 4) is 17.2 Å². The summed E-state index contributed by atoms with van der Waals surface area (Å²) >= 11 is 0. The first-order chi connectivity index (χ1) is 10.2. The van der Waals surface area contributed by atoms with E-state index < -0.39 is 0 Å². The molecule has 0 fully saturated rings. The van der Waals surface area contributed by atoms with Crippen molar-refractivity contribution in [2.75, 3.05) is 7.11 Å². The molecule has 0 spiro atoms. The van der Waals surface area contributed by atoms with Gasteiger partial charge < -0.3 is 9.15 Å². The van der Waals surface area contributed by atoms with Gasteiger partial charge >= 0.3 is 5.63 Å². The highest BCUT2D eigenvalue weighted by molar-refractivity contribution is 5.78. The van der Waals surface area contributed by atoms with E-state index in [1.165, 1.54) is 0 Å². The van der Waals surface area contributed by atoms with Gasteiger partial charge in [-0.15, -0.1) is 0 Å². The van der Waals surface area contributed by atoms with Gasteiger partial charge in [-0.25, -0.2) is 9.78 Å². The SMILES string of the molecule is CCc1ccc(-c2nc3ccccc3c(=O)o2)cc1OC. The first-order valence-electron chi connectivity index (χ1n) is 6.80. The second-order valence-electron chi connectivity index (χ2n) is 4.70. The van der Waals surface area contributed by atoms with E-state index in [2.05, 4.69) is 11.9 Å². The first kappa shape index (κ1) is 13.4. The maximum Gasteiger partial charge on any atom is 0.347 e. The number of aryl methyl sites for hydroxylation is 1. The van der Waals surface area contributed by atoms with Crippen molar-refractivity contribution in [3.63, 3.8) is 0 Å². The normalized spacial score (nSPS) is 10.8. The van der Waals surface area contributed by atoms with Crippen molar-refractivity contribution in [1.29, 1.82) is 0 Å². The van der Waals surface area contributed by atoms with E-state index in [1.54, 1.807) is 25.3 Å². The Morgan fingerprint density at radius 1 is 1.19 bits per heavy atom. The molecule has 106 valence electrons. The molecule has 1 aromatic heterocycles. The zero-order chi connectivity index (χ0) is 14.8. The van der Waals surface area contributed by atoms with Gasteiger partial charge in [-0.1, -0.05) is 25.1 Å². The molecule has 21 heavy (non-hydrogen) atoms. The van der Waals surface area contributed by atoms with Gasteiger partial charge in [0.05, 0.1) is 18.0 Å². The molecule has 3 rings (SSSR count). The van der Waals surface area contributed by atoms with Crippen molar-refractivity contribution in [2.24, 2.45) is 0 Å². The average Bonchev–Trinajstić information content (AvgIpc) is 2.54. The standard InChI is InChI=1S/C17H15NO3/c1-3-11-8-9-12(10-15(11)20-2)16-18-14-7-5-4-6-13(14)17(19)21-16/h4-10H,3H2,1-2H3. The number of nitrogens with zero attached hydrogens (tertiary/aromatic N) is 1. The number of para-hydroxylation sites is 1. The summed E-state index contributed by atoms with van der Waals surface area (Å²) in [5.74, 6) is 1.08. The highest BCUT2D eigenvalue weighted by Gasteiger charge is 2.10. The highest BCUT2D eigenvalue weighted by atomic mass is 16.5. The molecule has 0 amide bonds. The topological polar surface area (TPSA) is 52.3 Å². The highest BCUT2D eigenvalue weighted by Crippen LogP contribution is 2.26. The zero-order valence-corrected chi connectivity index (χ0v) is 11.9. The van der Waals surface area contributed by atoms with E-state index in [0.717, 1.165) is 23.3 Å². The molecule has 4 nitrogen and oxygen atoms in total. The monoisotopic (exact) mass is 281 g/mol. The Labute approximate surface area is 122 Å². The third-order valence-corrected chi connectivity index (χ3v) is 3.45. The second-order valence-corrected chi connectivity index (χ2v) is 4.70. The number of rotatable bonds is 3. The lowest BCUT2D eigenvalue weighted by molar-refractivity contribution is 0.410. The summed E-state index contributed by atoms with van der Waals surface area (Å²) in [6, 6.07) is 12.8. The van der Waals surface area contributed by atoms with Crippen LogP contribution in [-0.4, -0.2) is 12.1 Å². The minimum atomic E-state index is -0.380. The lowest BCUT2D eigenvalue weighted by Crippen LogP contribution is -2.03. The number of fused-ring (bicyclic) bond motifs is 1. The fraction of sp³-hybridized carbons (Fsp3) is 0.176. The molecule has 0 saturated carbocycles. The van der Waals surface area contributed by atoms with Crippen LogP contribution < -0.4 is 10.4 Å². The van der Waals surface area contributed by atoms with Gasteiger partial charge in [0.1, 0.15) is 5.75 Å². The molecule has 4 heteroatoms. The Hall–Kier alpha value is -2.62. The van der Waals surface area contributed by atoms with Crippen molar-refractivity contribution in [1.82, 2.24) is 4.98 Å². The van der Waals surface area contributed by atoms with Gasteiger partial charge in [0.2, 0.25) is 5.89 Å². The Morgan fingerprint density at radius 2 is 2.00 bits per heavy atom. The number of ether oxygens (including phenoxy) is 1. The molecule has 0 aliphatic heterocycles. The molecule has 0 saturated heterocycles. The van der Waals surface area contributed by atoms with E-state index in [0.29, 0.717) is 16.8 Å². The van der Waals surface area contributed by atoms with Gasteiger partial charge in [-0.05, 0) is 36.2 Å². The molecular formula is C17H15NO3. The van der Waals surface area contributed by atoms with Crippen molar-refractivity contribution < 1.29 is 9.15 Å². The Morgan fingerprint density at radius 3 is 2.76 bits per heavy atom. The van der Waals surface area contributed by atoms with Crippen LogP contribution in [0.25, 0.3) is 22.4 Å². The van der Waals surface area contributed by atoms with Crippen molar-refractivity contribution in [3.05, 3.63) is 58.4 Å². The van der Waals surface area contributed by atoms with Crippen LogP contribution in [-0.2, 0) is 6.42 Å². The summed E-state index contributed by atoms with van der Waals surface area (Å²) < 4.78 is 10.7. The van der Waals surface area contributed by atoms with Crippen molar-refractivity contribution >= 4 is 10.9 Å².